The lowest BCUT2D eigenvalue weighted by Crippen LogP contribution is -2.37. The summed E-state index contributed by atoms with van der Waals surface area (Å²) in [6.45, 7) is 1.45. The van der Waals surface area contributed by atoms with E-state index in [0.717, 1.165) is 38.1 Å². The molecule has 1 unspecified atom stereocenters. The van der Waals surface area contributed by atoms with Crippen LogP contribution in [0.1, 0.15) is 55.8 Å². The van der Waals surface area contributed by atoms with Crippen molar-refractivity contribution in [3.05, 3.63) is 41.5 Å². The van der Waals surface area contributed by atoms with Gasteiger partial charge in [-0.2, -0.15) is 0 Å². The van der Waals surface area contributed by atoms with Gasteiger partial charge < -0.3 is 9.74 Å². The average Bonchev–Trinajstić information content (AvgIpc) is 3.30. The second kappa shape index (κ2) is 7.64. The molecule has 1 aromatic carbocycles. The van der Waals surface area contributed by atoms with Gasteiger partial charge in [0.2, 0.25) is 10.0 Å². The highest BCUT2D eigenvalue weighted by atomic mass is 32.2. The van der Waals surface area contributed by atoms with Crippen molar-refractivity contribution in [3.63, 3.8) is 0 Å². The number of nitrogens with zero attached hydrogens (tertiary/aromatic N) is 2. The minimum atomic E-state index is -3.18. The number of rotatable bonds is 4. The second-order valence-electron chi connectivity index (χ2n) is 7.69. The van der Waals surface area contributed by atoms with Crippen molar-refractivity contribution in [2.24, 2.45) is 5.16 Å². The molecule has 146 valence electrons. The summed E-state index contributed by atoms with van der Waals surface area (Å²) in [4.78, 5) is 7.96. The van der Waals surface area contributed by atoms with E-state index in [1.165, 1.54) is 35.8 Å². The van der Waals surface area contributed by atoms with Crippen molar-refractivity contribution in [1.29, 1.82) is 0 Å². The first kappa shape index (κ1) is 18.5. The second-order valence-corrected chi connectivity index (χ2v) is 9.47. The lowest BCUT2D eigenvalue weighted by atomic mass is 9.88. The summed E-state index contributed by atoms with van der Waals surface area (Å²) < 4.78 is 25.6. The van der Waals surface area contributed by atoms with Crippen LogP contribution < -0.4 is 4.72 Å². The Kier molecular flexibility index (Phi) is 5.23. The molecule has 27 heavy (non-hydrogen) atoms. The van der Waals surface area contributed by atoms with E-state index in [1.54, 1.807) is 0 Å². The van der Waals surface area contributed by atoms with Crippen LogP contribution in [0, 0.1) is 0 Å². The number of allylic oxidation sites excluding steroid dienone is 2. The van der Waals surface area contributed by atoms with Crippen molar-refractivity contribution in [1.82, 2.24) is 9.62 Å². The molecule has 1 saturated heterocycles. The monoisotopic (exact) mass is 389 g/mol. The summed E-state index contributed by atoms with van der Waals surface area (Å²) in [5, 5.41) is 4.34. The Hall–Kier alpha value is -1.86. The van der Waals surface area contributed by atoms with E-state index < -0.39 is 10.0 Å². The van der Waals surface area contributed by atoms with Gasteiger partial charge in [0, 0.05) is 24.7 Å². The van der Waals surface area contributed by atoms with Crippen LogP contribution in [0.5, 0.6) is 0 Å². The zero-order valence-electron chi connectivity index (χ0n) is 15.7. The average molecular weight is 390 g/mol. The molecule has 7 heteroatoms. The maximum absolute atomic E-state index is 11.5. The number of sulfonamides is 1. The van der Waals surface area contributed by atoms with E-state index in [0.29, 0.717) is 6.54 Å². The summed E-state index contributed by atoms with van der Waals surface area (Å²) in [5.41, 5.74) is 3.92. The van der Waals surface area contributed by atoms with E-state index in [1.807, 2.05) is 0 Å². The summed E-state index contributed by atoms with van der Waals surface area (Å²) in [7, 11) is -3.18. The van der Waals surface area contributed by atoms with Crippen LogP contribution in [0.4, 0.5) is 0 Å². The Morgan fingerprint density at radius 1 is 1.26 bits per heavy atom. The maximum Gasteiger partial charge on any atom is 0.209 e. The van der Waals surface area contributed by atoms with Crippen LogP contribution in [-0.2, 0) is 14.9 Å². The summed E-state index contributed by atoms with van der Waals surface area (Å²) in [6.07, 6.45) is 9.82. The molecule has 4 rings (SSSR count). The smallest absolute Gasteiger partial charge is 0.209 e. The first-order valence-electron chi connectivity index (χ1n) is 9.73. The van der Waals surface area contributed by atoms with Crippen LogP contribution in [0.15, 0.2) is 35.5 Å². The molecule has 0 bridgehead atoms. The fourth-order valence-corrected chi connectivity index (χ4v) is 5.06. The first-order valence-corrected chi connectivity index (χ1v) is 11.6. The lowest BCUT2D eigenvalue weighted by Gasteiger charge is -2.20. The molecule has 2 atom stereocenters. The zero-order valence-corrected chi connectivity index (χ0v) is 16.5. The number of hydrogen-bond donors (Lipinski definition) is 1. The fraction of sp³-hybridized carbons (Fsp3) is 0.550. The molecular weight excluding hydrogens is 362 g/mol. The first-order chi connectivity index (χ1) is 13.0. The predicted molar refractivity (Wildman–Crippen MR) is 107 cm³/mol. The van der Waals surface area contributed by atoms with Crippen molar-refractivity contribution in [3.8, 4) is 0 Å². The quantitative estimate of drug-likeness (QED) is 0.859. The molecule has 1 aliphatic carbocycles. The van der Waals surface area contributed by atoms with Gasteiger partial charge in [-0.3, -0.25) is 0 Å². The Labute approximate surface area is 161 Å². The van der Waals surface area contributed by atoms with E-state index in [4.69, 9.17) is 4.84 Å². The molecule has 2 heterocycles. The van der Waals surface area contributed by atoms with Crippen molar-refractivity contribution in [2.45, 2.75) is 50.7 Å². The van der Waals surface area contributed by atoms with Crippen LogP contribution in [-0.4, -0.2) is 44.5 Å². The van der Waals surface area contributed by atoms with Gasteiger partial charge in [0.15, 0.2) is 6.10 Å². The normalized spacial score (nSPS) is 25.9. The van der Waals surface area contributed by atoms with Crippen LogP contribution in [0.3, 0.4) is 0 Å². The third kappa shape index (κ3) is 4.35. The van der Waals surface area contributed by atoms with E-state index in [2.05, 4.69) is 45.1 Å². The van der Waals surface area contributed by atoms with Gasteiger partial charge in [-0.15, -0.1) is 0 Å². The number of oxime groups is 1. The van der Waals surface area contributed by atoms with Gasteiger partial charge in [0.05, 0.1) is 12.7 Å². The molecule has 1 aromatic rings. The van der Waals surface area contributed by atoms with E-state index >= 15 is 0 Å². The molecule has 3 aliphatic rings. The number of likely N-dealkylation sites (tertiary alicyclic amines) is 1. The molecule has 0 spiro atoms. The van der Waals surface area contributed by atoms with Gasteiger partial charge in [-0.1, -0.05) is 35.5 Å². The summed E-state index contributed by atoms with van der Waals surface area (Å²) >= 11 is 0. The van der Waals surface area contributed by atoms with Crippen LogP contribution >= 0.6 is 0 Å². The third-order valence-corrected chi connectivity index (χ3v) is 6.29. The minimum Gasteiger partial charge on any atom is -0.386 e. The molecule has 2 aliphatic heterocycles. The van der Waals surface area contributed by atoms with E-state index in [9.17, 15) is 8.42 Å². The van der Waals surface area contributed by atoms with Crippen LogP contribution in [0.2, 0.25) is 0 Å². The topological polar surface area (TPSA) is 71.0 Å². The maximum atomic E-state index is 11.5. The predicted octanol–water partition coefficient (Wildman–Crippen LogP) is 3.04. The SMILES string of the molecule is CS(=O)(=O)N[C@H]1CCN(C2=NOC(c3ccccc3C3=CCCCC3)C2)C1. The highest BCUT2D eigenvalue weighted by Crippen LogP contribution is 2.36. The molecular formula is C20H27N3O3S. The molecule has 1 fully saturated rings. The van der Waals surface area contributed by atoms with Crippen molar-refractivity contribution in [2.75, 3.05) is 19.3 Å². The highest BCUT2D eigenvalue weighted by molar-refractivity contribution is 7.88. The number of benzene rings is 1. The highest BCUT2D eigenvalue weighted by Gasteiger charge is 2.33. The van der Waals surface area contributed by atoms with Crippen LogP contribution in [0.25, 0.3) is 5.57 Å². The third-order valence-electron chi connectivity index (χ3n) is 5.53. The van der Waals surface area contributed by atoms with Gasteiger partial charge in [0.25, 0.3) is 0 Å². The van der Waals surface area contributed by atoms with Gasteiger partial charge in [-0.05, 0) is 43.2 Å². The van der Waals surface area contributed by atoms with Gasteiger partial charge >= 0.3 is 0 Å². The Morgan fingerprint density at radius 3 is 2.89 bits per heavy atom. The molecule has 0 saturated carbocycles. The number of amidine groups is 1. The zero-order chi connectivity index (χ0) is 18.9. The Bertz CT molecular complexity index is 863. The minimum absolute atomic E-state index is 0.0542. The Morgan fingerprint density at radius 2 is 2.11 bits per heavy atom. The number of hydrogen-bond acceptors (Lipinski definition) is 5. The van der Waals surface area contributed by atoms with Gasteiger partial charge in [0.1, 0.15) is 5.84 Å². The van der Waals surface area contributed by atoms with Gasteiger partial charge in [-0.25, -0.2) is 13.1 Å². The lowest BCUT2D eigenvalue weighted by molar-refractivity contribution is 0.0853. The summed E-state index contributed by atoms with van der Waals surface area (Å²) in [5.74, 6) is 0.922. The Balaban J connectivity index is 1.44. The molecule has 0 amide bonds. The molecule has 1 N–H and O–H groups in total. The number of nitrogens with one attached hydrogen (secondary N) is 1. The standard InChI is InChI=1S/C20H27N3O3S/c1-27(24,25)22-16-11-12-23(14-16)20-13-19(26-21-20)18-10-6-5-9-17(18)15-7-3-2-4-8-15/h5-7,9-10,16,19,22H,2-4,8,11-14H2,1H3/t16-,19?/m0/s1. The van der Waals surface area contributed by atoms with Crippen molar-refractivity contribution >= 4 is 21.4 Å². The fourth-order valence-electron chi connectivity index (χ4n) is 4.27. The largest absolute Gasteiger partial charge is 0.386 e. The van der Waals surface area contributed by atoms with E-state index in [-0.39, 0.29) is 12.1 Å². The molecule has 0 aromatic heterocycles. The molecule has 6 nitrogen and oxygen atoms in total. The summed E-state index contributed by atoms with van der Waals surface area (Å²) in [6, 6.07) is 8.43. The van der Waals surface area contributed by atoms with Crippen molar-refractivity contribution < 1.29 is 13.3 Å². The molecule has 0 radical (unpaired) electrons.